The van der Waals surface area contributed by atoms with Crippen LogP contribution in [0.25, 0.3) is 10.9 Å². The zero-order valence-electron chi connectivity index (χ0n) is 11.4. The van der Waals surface area contributed by atoms with Gasteiger partial charge >= 0.3 is 0 Å². The average molecular weight is 292 g/mol. The first-order valence-corrected chi connectivity index (χ1v) is 7.30. The highest BCUT2D eigenvalue weighted by Gasteiger charge is 2.24. The van der Waals surface area contributed by atoms with Crippen molar-refractivity contribution in [1.82, 2.24) is 15.2 Å². The molecule has 2 N–H and O–H groups in total. The van der Waals surface area contributed by atoms with Gasteiger partial charge in [-0.25, -0.2) is 0 Å². The van der Waals surface area contributed by atoms with E-state index >= 15 is 0 Å². The van der Waals surface area contributed by atoms with Gasteiger partial charge in [-0.3, -0.25) is 4.79 Å². The minimum atomic E-state index is 0.0316. The maximum absolute atomic E-state index is 12.6. The lowest BCUT2D eigenvalue weighted by Gasteiger charge is -2.31. The third kappa shape index (κ3) is 2.41. The number of hydrogen-bond acceptors (Lipinski definition) is 2. The van der Waals surface area contributed by atoms with E-state index in [9.17, 15) is 4.79 Å². The molecule has 2 heterocycles. The van der Waals surface area contributed by atoms with Crippen molar-refractivity contribution in [3.8, 4) is 0 Å². The molecule has 0 spiro atoms. The third-order valence-electron chi connectivity index (χ3n) is 4.01. The fourth-order valence-corrected chi connectivity index (χ4v) is 3.01. The molecule has 1 aromatic heterocycles. The molecule has 0 unspecified atom stereocenters. The van der Waals surface area contributed by atoms with Gasteiger partial charge in [-0.2, -0.15) is 0 Å². The number of aromatic nitrogens is 1. The molecule has 4 nitrogen and oxygen atoms in total. The number of nitrogens with one attached hydrogen (secondary N) is 2. The zero-order valence-corrected chi connectivity index (χ0v) is 12.2. The molecule has 0 aliphatic carbocycles. The number of hydrogen-bond donors (Lipinski definition) is 2. The number of piperidine rings is 1. The lowest BCUT2D eigenvalue weighted by molar-refractivity contribution is 0.0698. The van der Waals surface area contributed by atoms with Crippen LogP contribution in [0.4, 0.5) is 0 Å². The number of amides is 1. The van der Waals surface area contributed by atoms with Crippen LogP contribution in [0.3, 0.4) is 0 Å². The normalized spacial score (nSPS) is 16.5. The van der Waals surface area contributed by atoms with E-state index in [4.69, 9.17) is 11.6 Å². The van der Waals surface area contributed by atoms with Crippen LogP contribution in [-0.4, -0.2) is 42.0 Å². The van der Waals surface area contributed by atoms with Crippen molar-refractivity contribution in [2.75, 3.05) is 20.1 Å². The summed E-state index contributed by atoms with van der Waals surface area (Å²) in [4.78, 5) is 17.5. The van der Waals surface area contributed by atoms with E-state index in [1.807, 2.05) is 36.2 Å². The molecule has 1 aliphatic heterocycles. The molecule has 5 heteroatoms. The molecular formula is C15H18ClN3O. The van der Waals surface area contributed by atoms with Gasteiger partial charge in [0.25, 0.3) is 5.91 Å². The van der Waals surface area contributed by atoms with E-state index in [1.165, 1.54) is 0 Å². The van der Waals surface area contributed by atoms with E-state index in [0.717, 1.165) is 36.8 Å². The van der Waals surface area contributed by atoms with E-state index in [-0.39, 0.29) is 5.91 Å². The summed E-state index contributed by atoms with van der Waals surface area (Å²) < 4.78 is 0. The Kier molecular flexibility index (Phi) is 3.68. The molecule has 3 rings (SSSR count). The highest BCUT2D eigenvalue weighted by Crippen LogP contribution is 2.24. The van der Waals surface area contributed by atoms with Crippen molar-refractivity contribution in [1.29, 1.82) is 0 Å². The van der Waals surface area contributed by atoms with Crippen LogP contribution >= 0.6 is 11.6 Å². The molecule has 0 saturated carbocycles. The van der Waals surface area contributed by atoms with Crippen LogP contribution in [0.1, 0.15) is 23.3 Å². The summed E-state index contributed by atoms with van der Waals surface area (Å²) in [7, 11) is 1.88. The first kappa shape index (κ1) is 13.5. The number of carbonyl (C=O) groups excluding carboxylic acids is 1. The molecule has 106 valence electrons. The van der Waals surface area contributed by atoms with Crippen molar-refractivity contribution in [2.45, 2.75) is 18.9 Å². The summed E-state index contributed by atoms with van der Waals surface area (Å²) in [6.07, 6.45) is 2.01. The molecule has 1 amide bonds. The molecule has 1 aromatic carbocycles. The van der Waals surface area contributed by atoms with Gasteiger partial charge in [-0.05, 0) is 38.1 Å². The van der Waals surface area contributed by atoms with Crippen molar-refractivity contribution in [3.63, 3.8) is 0 Å². The predicted octanol–water partition coefficient (Wildman–Crippen LogP) is 2.65. The lowest BCUT2D eigenvalue weighted by Crippen LogP contribution is -2.44. The van der Waals surface area contributed by atoms with Crippen LogP contribution in [0.2, 0.25) is 5.02 Å². The summed E-state index contributed by atoms with van der Waals surface area (Å²) in [6.45, 7) is 1.95. The fourth-order valence-electron chi connectivity index (χ4n) is 2.78. The molecule has 2 aromatic rings. The summed E-state index contributed by atoms with van der Waals surface area (Å²) >= 11 is 6.14. The minimum absolute atomic E-state index is 0.0316. The second-order valence-electron chi connectivity index (χ2n) is 5.28. The average Bonchev–Trinajstić information content (AvgIpc) is 2.92. The van der Waals surface area contributed by atoms with E-state index in [1.54, 1.807) is 0 Å². The van der Waals surface area contributed by atoms with Gasteiger partial charge in [0.05, 0.1) is 10.5 Å². The predicted molar refractivity (Wildman–Crippen MR) is 81.3 cm³/mol. The van der Waals surface area contributed by atoms with Crippen LogP contribution in [0, 0.1) is 0 Å². The molecule has 1 saturated heterocycles. The topological polar surface area (TPSA) is 48.1 Å². The Bertz CT molecular complexity index is 631. The van der Waals surface area contributed by atoms with E-state index < -0.39 is 0 Å². The smallest absolute Gasteiger partial charge is 0.270 e. The Morgan fingerprint density at radius 3 is 2.80 bits per heavy atom. The van der Waals surface area contributed by atoms with Gasteiger partial charge in [-0.1, -0.05) is 23.7 Å². The largest absolute Gasteiger partial charge is 0.349 e. The third-order valence-corrected chi connectivity index (χ3v) is 4.33. The van der Waals surface area contributed by atoms with E-state index in [0.29, 0.717) is 16.8 Å². The molecule has 0 radical (unpaired) electrons. The maximum atomic E-state index is 12.6. The van der Waals surface area contributed by atoms with Gasteiger partial charge in [0.1, 0.15) is 5.69 Å². The monoisotopic (exact) mass is 291 g/mol. The fraction of sp³-hybridized carbons (Fsp3) is 0.400. The number of benzene rings is 1. The summed E-state index contributed by atoms with van der Waals surface area (Å²) in [6, 6.07) is 7.86. The molecule has 1 fully saturated rings. The summed E-state index contributed by atoms with van der Waals surface area (Å²) in [5, 5.41) is 4.93. The second kappa shape index (κ2) is 5.46. The number of para-hydroxylation sites is 1. The van der Waals surface area contributed by atoms with Crippen LogP contribution < -0.4 is 5.32 Å². The highest BCUT2D eigenvalue weighted by atomic mass is 35.5. The van der Waals surface area contributed by atoms with Crippen molar-refractivity contribution >= 4 is 28.4 Å². The number of rotatable bonds is 2. The number of carbonyl (C=O) groups is 1. The van der Waals surface area contributed by atoms with Crippen molar-refractivity contribution in [2.24, 2.45) is 0 Å². The molecule has 1 aliphatic rings. The Hall–Kier alpha value is -1.52. The van der Waals surface area contributed by atoms with Crippen LogP contribution in [0.5, 0.6) is 0 Å². The standard InChI is InChI=1S/C15H18ClN3O/c1-19(11-5-7-17-8-6-11)15(20)13-9-10-3-2-4-12(16)14(10)18-13/h2-4,9,11,17-18H,5-8H2,1H3. The SMILES string of the molecule is CN(C(=O)c1cc2cccc(Cl)c2[nH]1)C1CCNCC1. The number of halogens is 1. The first-order valence-electron chi connectivity index (χ1n) is 6.92. The zero-order chi connectivity index (χ0) is 14.1. The number of aromatic amines is 1. The quantitative estimate of drug-likeness (QED) is 0.894. The summed E-state index contributed by atoms with van der Waals surface area (Å²) in [5.41, 5.74) is 1.44. The summed E-state index contributed by atoms with van der Waals surface area (Å²) in [5.74, 6) is 0.0316. The molecule has 20 heavy (non-hydrogen) atoms. The Labute approximate surface area is 123 Å². The molecule has 0 atom stereocenters. The van der Waals surface area contributed by atoms with Gasteiger partial charge in [0, 0.05) is 18.5 Å². The lowest BCUT2D eigenvalue weighted by atomic mass is 10.1. The molecular weight excluding hydrogens is 274 g/mol. The number of fused-ring (bicyclic) bond motifs is 1. The van der Waals surface area contributed by atoms with Crippen molar-refractivity contribution in [3.05, 3.63) is 35.0 Å². The Morgan fingerprint density at radius 2 is 2.10 bits per heavy atom. The maximum Gasteiger partial charge on any atom is 0.270 e. The van der Waals surface area contributed by atoms with Crippen LogP contribution in [-0.2, 0) is 0 Å². The minimum Gasteiger partial charge on any atom is -0.349 e. The van der Waals surface area contributed by atoms with Gasteiger partial charge in [0.15, 0.2) is 0 Å². The van der Waals surface area contributed by atoms with Crippen molar-refractivity contribution < 1.29 is 4.79 Å². The molecule has 0 bridgehead atoms. The number of H-pyrrole nitrogens is 1. The van der Waals surface area contributed by atoms with Gasteiger partial charge in [-0.15, -0.1) is 0 Å². The first-order chi connectivity index (χ1) is 9.66. The van der Waals surface area contributed by atoms with Gasteiger partial charge in [0.2, 0.25) is 0 Å². The highest BCUT2D eigenvalue weighted by molar-refractivity contribution is 6.35. The second-order valence-corrected chi connectivity index (χ2v) is 5.69. The Balaban J connectivity index is 1.86. The van der Waals surface area contributed by atoms with E-state index in [2.05, 4.69) is 10.3 Å². The Morgan fingerprint density at radius 1 is 1.35 bits per heavy atom. The van der Waals surface area contributed by atoms with Gasteiger partial charge < -0.3 is 15.2 Å². The number of nitrogens with zero attached hydrogens (tertiary/aromatic N) is 1. The van der Waals surface area contributed by atoms with Crippen LogP contribution in [0.15, 0.2) is 24.3 Å².